The van der Waals surface area contributed by atoms with Crippen molar-refractivity contribution in [3.63, 3.8) is 0 Å². The zero-order valence-corrected chi connectivity index (χ0v) is 27.4. The summed E-state index contributed by atoms with van der Waals surface area (Å²) in [5, 5.41) is 14.8. The van der Waals surface area contributed by atoms with Gasteiger partial charge in [-0.15, -0.1) is 0 Å². The molecule has 5 heterocycles. The molecule has 11 nitrogen and oxygen atoms in total. The molecule has 0 radical (unpaired) electrons. The number of aromatic amines is 1. The highest BCUT2D eigenvalue weighted by atomic mass is 16.6. The fourth-order valence-electron chi connectivity index (χ4n) is 8.82. The number of hydrogen-bond donors (Lipinski definition) is 3. The van der Waals surface area contributed by atoms with E-state index in [9.17, 15) is 14.4 Å². The number of likely N-dealkylation sites (tertiary alicyclic amines) is 2. The molecule has 0 saturated carbocycles. The molecule has 2 atom stereocenters. The Balaban J connectivity index is 1.13. The number of aryl methyl sites for hydroxylation is 1. The minimum absolute atomic E-state index is 0.120. The smallest absolute Gasteiger partial charge is 0.411 e. The molecule has 1 aromatic heterocycles. The Morgan fingerprint density at radius 3 is 2.64 bits per heavy atom. The average molecular weight is 642 g/mol. The van der Waals surface area contributed by atoms with Crippen molar-refractivity contribution in [2.24, 2.45) is 11.8 Å². The quantitative estimate of drug-likeness (QED) is 0.308. The highest BCUT2D eigenvalue weighted by molar-refractivity contribution is 5.91. The van der Waals surface area contributed by atoms with Crippen molar-refractivity contribution in [2.75, 3.05) is 44.6 Å². The van der Waals surface area contributed by atoms with Gasteiger partial charge in [0.15, 0.2) is 0 Å². The summed E-state index contributed by atoms with van der Waals surface area (Å²) in [6.45, 7) is 6.91. The fourth-order valence-corrected chi connectivity index (χ4v) is 8.82. The Morgan fingerprint density at radius 1 is 1.04 bits per heavy atom. The number of nitrogens with zero attached hydrogens (tertiary/aromatic N) is 4. The summed E-state index contributed by atoms with van der Waals surface area (Å²) in [5.74, 6) is 1.37. The molecule has 0 spiro atoms. The van der Waals surface area contributed by atoms with Crippen molar-refractivity contribution >= 4 is 35.0 Å². The maximum Gasteiger partial charge on any atom is 0.411 e. The van der Waals surface area contributed by atoms with Crippen LogP contribution in [0.4, 0.5) is 15.3 Å². The number of piperidine rings is 3. The number of ether oxygens (including phenoxy) is 1. The first-order valence-electron chi connectivity index (χ1n) is 17.4. The molecule has 2 aromatic carbocycles. The molecule has 3 saturated heterocycles. The number of hydrogen-bond acceptors (Lipinski definition) is 7. The summed E-state index contributed by atoms with van der Waals surface area (Å²) in [5.41, 5.74) is 4.00. The van der Waals surface area contributed by atoms with Crippen LogP contribution in [-0.2, 0) is 22.6 Å². The topological polar surface area (TPSA) is 123 Å². The van der Waals surface area contributed by atoms with Gasteiger partial charge < -0.3 is 25.1 Å². The van der Waals surface area contributed by atoms with Crippen LogP contribution >= 0.6 is 0 Å². The minimum atomic E-state index is -0.870. The van der Waals surface area contributed by atoms with E-state index in [1.807, 2.05) is 47.1 Å². The number of para-hydroxylation sites is 1. The van der Waals surface area contributed by atoms with Crippen molar-refractivity contribution in [1.82, 2.24) is 30.2 Å². The van der Waals surface area contributed by atoms with E-state index in [0.717, 1.165) is 90.9 Å². The fraction of sp³-hybridized carbons (Fsp3) is 0.556. The van der Waals surface area contributed by atoms with Crippen LogP contribution in [0.25, 0.3) is 10.9 Å². The molecule has 3 N–H and O–H groups in total. The van der Waals surface area contributed by atoms with Gasteiger partial charge in [0.1, 0.15) is 18.6 Å². The number of amides is 3. The van der Waals surface area contributed by atoms with Crippen molar-refractivity contribution < 1.29 is 19.1 Å². The zero-order valence-electron chi connectivity index (χ0n) is 27.4. The molecule has 0 bridgehead atoms. The van der Waals surface area contributed by atoms with Gasteiger partial charge >= 0.3 is 12.1 Å². The number of anilines is 1. The first kappa shape index (κ1) is 31.6. The minimum Gasteiger partial charge on any atom is -0.445 e. The van der Waals surface area contributed by atoms with Crippen LogP contribution in [0.15, 0.2) is 42.6 Å². The molecule has 3 amide bonds. The average Bonchev–Trinajstić information content (AvgIpc) is 3.51. The number of benzene rings is 2. The Hall–Kier alpha value is -3.96. The molecular formula is C36H47N7O4. The number of rotatable bonds is 7. The van der Waals surface area contributed by atoms with Crippen molar-refractivity contribution in [3.05, 3.63) is 59.3 Å². The summed E-state index contributed by atoms with van der Waals surface area (Å²) >= 11 is 0. The highest BCUT2D eigenvalue weighted by Gasteiger charge is 2.52. The van der Waals surface area contributed by atoms with E-state index in [0.29, 0.717) is 31.8 Å². The second-order valence-electron chi connectivity index (χ2n) is 13.9. The maximum atomic E-state index is 14.1. The summed E-state index contributed by atoms with van der Waals surface area (Å²) in [6, 6.07) is 11.7. The van der Waals surface area contributed by atoms with Crippen LogP contribution < -0.4 is 10.6 Å². The Morgan fingerprint density at radius 2 is 1.83 bits per heavy atom. The first-order valence-corrected chi connectivity index (χ1v) is 17.4. The Kier molecular flexibility index (Phi) is 9.18. The van der Waals surface area contributed by atoms with Crippen molar-refractivity contribution in [2.45, 2.75) is 76.6 Å². The number of nitrogens with one attached hydrogen (secondary N) is 3. The molecule has 3 fully saturated rings. The van der Waals surface area contributed by atoms with Gasteiger partial charge in [0.05, 0.1) is 11.7 Å². The summed E-state index contributed by atoms with van der Waals surface area (Å²) in [6.07, 6.45) is 8.87. The molecule has 250 valence electrons. The van der Waals surface area contributed by atoms with Crippen LogP contribution in [0.3, 0.4) is 0 Å². The third-order valence-electron chi connectivity index (χ3n) is 11.3. The number of urea groups is 1. The number of aldehydes is 1. The lowest BCUT2D eigenvalue weighted by molar-refractivity contribution is -0.128. The molecule has 0 unspecified atom stereocenters. The largest absolute Gasteiger partial charge is 0.445 e. The third-order valence-corrected chi connectivity index (χ3v) is 11.3. The van der Waals surface area contributed by atoms with Gasteiger partial charge in [-0.25, -0.2) is 9.59 Å². The molecule has 3 aromatic rings. The summed E-state index contributed by atoms with van der Waals surface area (Å²) in [7, 11) is 0. The Labute approximate surface area is 276 Å². The SMILES string of the molecule is Cc1cc(COC(=O)N2CC[C@@H](N3CCc4ccccc4NC3=O)C[C@@]2(CC=O)N2CCC(C3CCNCC3)CC2)cc2cn[nH]c12. The second kappa shape index (κ2) is 13.6. The van der Waals surface area contributed by atoms with Crippen molar-refractivity contribution in [1.29, 1.82) is 0 Å². The van der Waals surface area contributed by atoms with E-state index in [-0.39, 0.29) is 25.1 Å². The predicted molar refractivity (Wildman–Crippen MR) is 180 cm³/mol. The molecule has 4 aliphatic rings. The van der Waals surface area contributed by atoms with Crippen LogP contribution in [0.1, 0.15) is 61.6 Å². The number of carbonyl (C=O) groups is 3. The van der Waals surface area contributed by atoms with E-state index in [1.165, 1.54) is 12.8 Å². The molecule has 47 heavy (non-hydrogen) atoms. The van der Waals surface area contributed by atoms with Gasteiger partial charge in [0.2, 0.25) is 0 Å². The standard InChI is InChI=1S/C36H47N7O4/c1-25-20-26(21-30-23-38-40-33(25)30)24-47-35(46)43-18-11-31(42-17-10-29-4-2-3-5-32(29)39-34(42)45)22-36(43,12-19-44)41-15-8-28(9-16-41)27-6-13-37-14-7-27/h2-5,19-21,23,27-28,31,37H,6-18,22,24H2,1H3,(H,38,40)(H,39,45)/t31-,36+/m1/s1. The Bertz CT molecular complexity index is 1590. The normalized spacial score (nSPS) is 24.9. The van der Waals surface area contributed by atoms with Gasteiger partial charge in [0.25, 0.3) is 0 Å². The lowest BCUT2D eigenvalue weighted by Gasteiger charge is -2.56. The van der Waals surface area contributed by atoms with E-state index in [1.54, 1.807) is 6.20 Å². The lowest BCUT2D eigenvalue weighted by Crippen LogP contribution is -2.69. The molecule has 4 aliphatic heterocycles. The van der Waals surface area contributed by atoms with Crippen LogP contribution in [-0.4, -0.2) is 94.3 Å². The maximum absolute atomic E-state index is 14.1. The van der Waals surface area contributed by atoms with Gasteiger partial charge in [-0.05, 0) is 99.2 Å². The lowest BCUT2D eigenvalue weighted by atomic mass is 9.77. The van der Waals surface area contributed by atoms with E-state index >= 15 is 0 Å². The van der Waals surface area contributed by atoms with Gasteiger partial charge in [-0.2, -0.15) is 5.10 Å². The molecule has 11 heteroatoms. The van der Waals surface area contributed by atoms with Crippen LogP contribution in [0, 0.1) is 18.8 Å². The summed E-state index contributed by atoms with van der Waals surface area (Å²) in [4.78, 5) is 46.4. The number of fused-ring (bicyclic) bond motifs is 2. The number of carbonyl (C=O) groups excluding carboxylic acids is 3. The predicted octanol–water partition coefficient (Wildman–Crippen LogP) is 5.06. The molecular weight excluding hydrogens is 594 g/mol. The molecule has 7 rings (SSSR count). The second-order valence-corrected chi connectivity index (χ2v) is 13.9. The van der Waals surface area contributed by atoms with Crippen molar-refractivity contribution in [3.8, 4) is 0 Å². The van der Waals surface area contributed by atoms with Gasteiger partial charge in [-0.3, -0.25) is 14.9 Å². The molecule has 0 aliphatic carbocycles. The number of aromatic nitrogens is 2. The zero-order chi connectivity index (χ0) is 32.4. The first-order chi connectivity index (χ1) is 22.9. The number of H-pyrrole nitrogens is 1. The third kappa shape index (κ3) is 6.35. The van der Waals surface area contributed by atoms with E-state index < -0.39 is 11.8 Å². The van der Waals surface area contributed by atoms with E-state index in [4.69, 9.17) is 4.74 Å². The van der Waals surface area contributed by atoms with E-state index in [2.05, 4.69) is 31.8 Å². The van der Waals surface area contributed by atoms with Gasteiger partial charge in [0, 0.05) is 56.1 Å². The summed E-state index contributed by atoms with van der Waals surface area (Å²) < 4.78 is 6.03. The highest BCUT2D eigenvalue weighted by Crippen LogP contribution is 2.41. The van der Waals surface area contributed by atoms with Crippen LogP contribution in [0.5, 0.6) is 0 Å². The van der Waals surface area contributed by atoms with Crippen LogP contribution in [0.2, 0.25) is 0 Å². The monoisotopic (exact) mass is 641 g/mol. The van der Waals surface area contributed by atoms with Gasteiger partial charge in [-0.1, -0.05) is 24.3 Å².